The molecule has 0 spiro atoms. The second kappa shape index (κ2) is 2.63. The van der Waals surface area contributed by atoms with Crippen LogP contribution in [0.3, 0.4) is 0 Å². The fraction of sp³-hybridized carbons (Fsp3) is 0.500. The summed E-state index contributed by atoms with van der Waals surface area (Å²) in [6, 6.07) is 0. The van der Waals surface area contributed by atoms with Gasteiger partial charge in [-0.15, -0.1) is 0 Å². The molecule has 0 aromatic carbocycles. The molecule has 0 saturated heterocycles. The van der Waals surface area contributed by atoms with Crippen LogP contribution < -0.4 is 5.73 Å². The van der Waals surface area contributed by atoms with Crippen molar-refractivity contribution in [2.45, 2.75) is 0 Å². The average Bonchev–Trinajstić information content (AvgIpc) is 1.37. The van der Waals surface area contributed by atoms with Crippen LogP contribution in [0, 0.1) is 0 Å². The molecule has 0 unspecified atom stereocenters. The van der Waals surface area contributed by atoms with E-state index in [0.717, 1.165) is 0 Å². The molecule has 0 bridgehead atoms. The highest BCUT2D eigenvalue weighted by molar-refractivity contribution is 5.22. The van der Waals surface area contributed by atoms with E-state index >= 15 is 0 Å². The molecule has 0 heterocycles. The predicted molar refractivity (Wildman–Crippen MR) is 17.3 cm³/mol. The quantitative estimate of drug-likeness (QED) is 0.372. The molecule has 0 saturated carbocycles. The lowest BCUT2D eigenvalue weighted by atomic mass is 11.2. The standard InChI is InChI=1S/C2H6N2/c1-4-2-3/h1-3H2/p+1. The summed E-state index contributed by atoms with van der Waals surface area (Å²) >= 11 is 0. The monoisotopic (exact) mass is 59.1 g/mol. The Bertz CT molecular complexity index is 18.0. The van der Waals surface area contributed by atoms with Gasteiger partial charge in [-0.25, -0.2) is 4.99 Å². The van der Waals surface area contributed by atoms with Crippen LogP contribution in [0.2, 0.25) is 0 Å². The van der Waals surface area contributed by atoms with Crippen molar-refractivity contribution in [3.8, 4) is 0 Å². The Hall–Kier alpha value is -0.370. The summed E-state index contributed by atoms with van der Waals surface area (Å²) in [5.41, 5.74) is 3.38. The van der Waals surface area contributed by atoms with E-state index in [4.69, 9.17) is 0 Å². The number of nitrogens with zero attached hydrogens (tertiary/aromatic N) is 1. The van der Waals surface area contributed by atoms with Crippen LogP contribution >= 0.6 is 0 Å². The number of aliphatic imine (C=N–C) groups is 1. The van der Waals surface area contributed by atoms with Crippen LogP contribution in [-0.2, 0) is 0 Å². The van der Waals surface area contributed by atoms with E-state index < -0.39 is 0 Å². The summed E-state index contributed by atoms with van der Waals surface area (Å²) < 4.78 is 0. The minimum absolute atomic E-state index is 0.583. The number of quaternary nitrogens is 1. The zero-order chi connectivity index (χ0) is 3.41. The lowest BCUT2D eigenvalue weighted by Crippen LogP contribution is -2.48. The summed E-state index contributed by atoms with van der Waals surface area (Å²) in [7, 11) is 0. The maximum atomic E-state index is 3.38. The lowest BCUT2D eigenvalue weighted by molar-refractivity contribution is -0.364. The van der Waals surface area contributed by atoms with Crippen LogP contribution in [0.15, 0.2) is 4.99 Å². The molecule has 0 aromatic rings. The molecule has 0 fully saturated rings. The van der Waals surface area contributed by atoms with Crippen LogP contribution in [-0.4, -0.2) is 13.4 Å². The summed E-state index contributed by atoms with van der Waals surface area (Å²) in [5, 5.41) is 0. The molecule has 0 rings (SSSR count). The second-order valence-electron chi connectivity index (χ2n) is 0.447. The molecular formula is C2H7N2+. The zero-order valence-corrected chi connectivity index (χ0v) is 2.57. The molecule has 2 heteroatoms. The molecular weight excluding hydrogens is 52.0 g/mol. The summed E-state index contributed by atoms with van der Waals surface area (Å²) in [6.45, 7) is 3.75. The van der Waals surface area contributed by atoms with Crippen molar-refractivity contribution < 1.29 is 5.73 Å². The van der Waals surface area contributed by atoms with Crippen molar-refractivity contribution in [2.75, 3.05) is 6.67 Å². The highest BCUT2D eigenvalue weighted by Crippen LogP contribution is 1.32. The van der Waals surface area contributed by atoms with Gasteiger partial charge >= 0.3 is 0 Å². The largest absolute Gasteiger partial charge is 0.339 e. The average molecular weight is 59.1 g/mol. The topological polar surface area (TPSA) is 40.0 Å². The molecule has 0 radical (unpaired) electrons. The van der Waals surface area contributed by atoms with E-state index in [9.17, 15) is 0 Å². The Labute approximate surface area is 25.3 Å². The third-order valence-electron chi connectivity index (χ3n) is 0.158. The van der Waals surface area contributed by atoms with Crippen molar-refractivity contribution in [1.29, 1.82) is 0 Å². The van der Waals surface area contributed by atoms with Crippen molar-refractivity contribution >= 4 is 6.72 Å². The van der Waals surface area contributed by atoms with Gasteiger partial charge in [0, 0.05) is 0 Å². The Balaban J connectivity index is 2.30. The molecule has 0 aliphatic carbocycles. The Kier molecular flexibility index (Phi) is 2.39. The maximum absolute atomic E-state index is 3.38. The molecule has 3 N–H and O–H groups in total. The first-order valence-electron chi connectivity index (χ1n) is 1.13. The third kappa shape index (κ3) is 1.63. The minimum atomic E-state index is 0.583. The highest BCUT2D eigenvalue weighted by atomic mass is 14.8. The van der Waals surface area contributed by atoms with Gasteiger partial charge in [0.05, 0.1) is 0 Å². The van der Waals surface area contributed by atoms with Gasteiger partial charge in [-0.05, 0) is 6.72 Å². The van der Waals surface area contributed by atoms with Gasteiger partial charge < -0.3 is 5.73 Å². The van der Waals surface area contributed by atoms with Gasteiger partial charge in [0.15, 0.2) is 6.67 Å². The Morgan fingerprint density at radius 2 is 2.25 bits per heavy atom. The van der Waals surface area contributed by atoms with E-state index in [1.807, 2.05) is 0 Å². The van der Waals surface area contributed by atoms with Gasteiger partial charge in [0.25, 0.3) is 0 Å². The first-order chi connectivity index (χ1) is 1.91. The van der Waals surface area contributed by atoms with Crippen LogP contribution in [0.1, 0.15) is 0 Å². The molecule has 0 aromatic heterocycles. The van der Waals surface area contributed by atoms with Crippen LogP contribution in [0.5, 0.6) is 0 Å². The predicted octanol–water partition coefficient (Wildman–Crippen LogP) is -1.11. The molecule has 24 valence electrons. The van der Waals surface area contributed by atoms with Crippen LogP contribution in [0.25, 0.3) is 0 Å². The molecule has 0 aliphatic heterocycles. The molecule has 2 nitrogen and oxygen atoms in total. The second-order valence-corrected chi connectivity index (χ2v) is 0.447. The molecule has 0 amide bonds. The van der Waals surface area contributed by atoms with Gasteiger partial charge in [-0.1, -0.05) is 0 Å². The van der Waals surface area contributed by atoms with Crippen molar-refractivity contribution in [1.82, 2.24) is 0 Å². The number of rotatable bonds is 1. The Morgan fingerprint density at radius 1 is 2.00 bits per heavy atom. The summed E-state index contributed by atoms with van der Waals surface area (Å²) in [6.07, 6.45) is 0. The normalized spacial score (nSPS) is 6.25. The van der Waals surface area contributed by atoms with Gasteiger partial charge in [-0.2, -0.15) is 0 Å². The summed E-state index contributed by atoms with van der Waals surface area (Å²) in [5.74, 6) is 0. The highest BCUT2D eigenvalue weighted by Gasteiger charge is 1.46. The van der Waals surface area contributed by atoms with E-state index in [-0.39, 0.29) is 0 Å². The number of hydrogen-bond donors (Lipinski definition) is 1. The lowest BCUT2D eigenvalue weighted by Gasteiger charge is -1.60. The van der Waals surface area contributed by atoms with Gasteiger partial charge in [0.1, 0.15) is 0 Å². The molecule has 0 atom stereocenters. The summed E-state index contributed by atoms with van der Waals surface area (Å²) in [4.78, 5) is 3.38. The zero-order valence-electron chi connectivity index (χ0n) is 2.57. The minimum Gasteiger partial charge on any atom is -0.339 e. The smallest absolute Gasteiger partial charge is 0.167 e. The van der Waals surface area contributed by atoms with Crippen molar-refractivity contribution in [3.05, 3.63) is 0 Å². The first kappa shape index (κ1) is 3.63. The van der Waals surface area contributed by atoms with E-state index in [1.165, 1.54) is 0 Å². The van der Waals surface area contributed by atoms with Crippen molar-refractivity contribution in [2.24, 2.45) is 4.99 Å². The first-order valence-corrected chi connectivity index (χ1v) is 1.13. The van der Waals surface area contributed by atoms with E-state index in [0.29, 0.717) is 6.67 Å². The SMILES string of the molecule is C=NC[NH3+]. The van der Waals surface area contributed by atoms with Crippen LogP contribution in [0.4, 0.5) is 0 Å². The fourth-order valence-electron chi connectivity index (χ4n) is 0. The molecule has 4 heavy (non-hydrogen) atoms. The molecule has 0 aliphatic rings. The fourth-order valence-corrected chi connectivity index (χ4v) is 0. The maximum Gasteiger partial charge on any atom is 0.167 e. The Morgan fingerprint density at radius 3 is 2.25 bits per heavy atom. The van der Waals surface area contributed by atoms with Gasteiger partial charge in [0.2, 0.25) is 0 Å². The third-order valence-corrected chi connectivity index (χ3v) is 0.158. The van der Waals surface area contributed by atoms with E-state index in [1.54, 1.807) is 0 Å². The van der Waals surface area contributed by atoms with E-state index in [2.05, 4.69) is 17.4 Å². The van der Waals surface area contributed by atoms with Gasteiger partial charge in [-0.3, -0.25) is 0 Å². The van der Waals surface area contributed by atoms with Crippen molar-refractivity contribution in [3.63, 3.8) is 0 Å². The number of hydrogen-bond acceptors (Lipinski definition) is 1.